The number of nitrogens with two attached hydrogens (primary N) is 1. The van der Waals surface area contributed by atoms with Crippen LogP contribution in [0, 0.1) is 0 Å². The summed E-state index contributed by atoms with van der Waals surface area (Å²) in [4.78, 5) is 10.8. The maximum atomic E-state index is 12.4. The summed E-state index contributed by atoms with van der Waals surface area (Å²) in [5, 5.41) is 0. The normalized spacial score (nSPS) is 11.0. The van der Waals surface area contributed by atoms with Crippen LogP contribution in [0.3, 0.4) is 0 Å². The fourth-order valence-corrected chi connectivity index (χ4v) is 3.00. The Bertz CT molecular complexity index is 819. The van der Waals surface area contributed by atoms with Crippen molar-refractivity contribution >= 4 is 21.6 Å². The smallest absolute Gasteiger partial charge is 0.261 e. The predicted molar refractivity (Wildman–Crippen MR) is 95.8 cm³/mol. The Kier molecular flexibility index (Phi) is 6.81. The number of benzene rings is 2. The number of amides is 1. The van der Waals surface area contributed by atoms with Crippen molar-refractivity contribution in [3.05, 3.63) is 48.5 Å². The van der Waals surface area contributed by atoms with Crippen molar-refractivity contribution in [3.8, 4) is 11.5 Å². The maximum Gasteiger partial charge on any atom is 0.261 e. The summed E-state index contributed by atoms with van der Waals surface area (Å²) in [5.74, 6) is 0.366. The highest BCUT2D eigenvalue weighted by Gasteiger charge is 2.14. The first-order chi connectivity index (χ1) is 12.4. The van der Waals surface area contributed by atoms with E-state index >= 15 is 0 Å². The third-order valence-electron chi connectivity index (χ3n) is 3.18. The third kappa shape index (κ3) is 5.94. The molecule has 1 amide bonds. The van der Waals surface area contributed by atoms with Crippen LogP contribution in [0.25, 0.3) is 0 Å². The van der Waals surface area contributed by atoms with Gasteiger partial charge in [0.2, 0.25) is 0 Å². The average Bonchev–Trinajstić information content (AvgIpc) is 2.61. The molecule has 0 atom stereocenters. The highest BCUT2D eigenvalue weighted by Crippen LogP contribution is 2.21. The van der Waals surface area contributed by atoms with E-state index in [1.54, 1.807) is 19.2 Å². The summed E-state index contributed by atoms with van der Waals surface area (Å²) in [6.45, 7) is 0.579. The zero-order chi connectivity index (χ0) is 19.0. The van der Waals surface area contributed by atoms with Crippen LogP contribution in [0.5, 0.6) is 11.5 Å². The summed E-state index contributed by atoms with van der Waals surface area (Å²) in [7, 11) is -2.17. The lowest BCUT2D eigenvalue weighted by Crippen LogP contribution is -2.20. The second kappa shape index (κ2) is 9.07. The fourth-order valence-electron chi connectivity index (χ4n) is 1.95. The van der Waals surface area contributed by atoms with Gasteiger partial charge in [0, 0.05) is 12.8 Å². The summed E-state index contributed by atoms with van der Waals surface area (Å²) < 4.78 is 42.7. The molecule has 0 aliphatic heterocycles. The van der Waals surface area contributed by atoms with Crippen molar-refractivity contribution in [2.45, 2.75) is 4.90 Å². The Morgan fingerprint density at radius 1 is 0.962 bits per heavy atom. The minimum atomic E-state index is -3.74. The van der Waals surface area contributed by atoms with Crippen LogP contribution in [-0.2, 0) is 19.6 Å². The van der Waals surface area contributed by atoms with Crippen LogP contribution in [0.15, 0.2) is 53.4 Å². The standard InChI is InChI=1S/C17H20N2O6S/c1-23-10-11-24-14-6-8-16(9-7-14)26(21,22)19-13-2-4-15(5-3-13)25-12-17(18)20/h2-9,19H,10-12H2,1H3,(H2,18,20). The number of primary amides is 1. The lowest BCUT2D eigenvalue weighted by molar-refractivity contribution is -0.119. The molecule has 2 rings (SSSR count). The second-order valence-electron chi connectivity index (χ2n) is 5.20. The first-order valence-electron chi connectivity index (χ1n) is 7.66. The van der Waals surface area contributed by atoms with Gasteiger partial charge in [0.25, 0.3) is 15.9 Å². The van der Waals surface area contributed by atoms with Crippen molar-refractivity contribution < 1.29 is 27.4 Å². The largest absolute Gasteiger partial charge is 0.491 e. The van der Waals surface area contributed by atoms with E-state index in [2.05, 4.69) is 4.72 Å². The number of anilines is 1. The van der Waals surface area contributed by atoms with Crippen molar-refractivity contribution in [1.29, 1.82) is 0 Å². The maximum absolute atomic E-state index is 12.4. The Morgan fingerprint density at radius 2 is 1.54 bits per heavy atom. The van der Waals surface area contributed by atoms with Gasteiger partial charge in [0.05, 0.1) is 11.5 Å². The highest BCUT2D eigenvalue weighted by atomic mass is 32.2. The van der Waals surface area contributed by atoms with Gasteiger partial charge in [-0.05, 0) is 48.5 Å². The van der Waals surface area contributed by atoms with Gasteiger partial charge in [-0.25, -0.2) is 8.42 Å². The van der Waals surface area contributed by atoms with Crippen LogP contribution in [0.1, 0.15) is 0 Å². The minimum Gasteiger partial charge on any atom is -0.491 e. The number of rotatable bonds is 10. The van der Waals surface area contributed by atoms with Gasteiger partial charge in [-0.2, -0.15) is 0 Å². The third-order valence-corrected chi connectivity index (χ3v) is 4.58. The Hall–Kier alpha value is -2.78. The van der Waals surface area contributed by atoms with Gasteiger partial charge >= 0.3 is 0 Å². The number of ether oxygens (including phenoxy) is 3. The zero-order valence-electron chi connectivity index (χ0n) is 14.2. The quantitative estimate of drug-likeness (QED) is 0.601. The molecule has 3 N–H and O–H groups in total. The van der Waals surface area contributed by atoms with Crippen LogP contribution in [0.2, 0.25) is 0 Å². The minimum absolute atomic E-state index is 0.102. The van der Waals surface area contributed by atoms with Gasteiger partial charge in [-0.15, -0.1) is 0 Å². The van der Waals surface area contributed by atoms with E-state index in [1.807, 2.05) is 0 Å². The molecule has 140 valence electrons. The molecular formula is C17H20N2O6S. The van der Waals surface area contributed by atoms with E-state index in [1.165, 1.54) is 36.4 Å². The topological polar surface area (TPSA) is 117 Å². The summed E-state index contributed by atoms with van der Waals surface area (Å²) in [6.07, 6.45) is 0. The second-order valence-corrected chi connectivity index (χ2v) is 6.88. The van der Waals surface area contributed by atoms with Gasteiger partial charge in [-0.1, -0.05) is 0 Å². The van der Waals surface area contributed by atoms with Gasteiger partial charge in [0.15, 0.2) is 6.61 Å². The molecule has 0 aliphatic carbocycles. The zero-order valence-corrected chi connectivity index (χ0v) is 15.0. The molecule has 0 saturated heterocycles. The Morgan fingerprint density at radius 3 is 2.12 bits per heavy atom. The number of carbonyl (C=O) groups is 1. The van der Waals surface area contributed by atoms with E-state index in [0.717, 1.165) is 0 Å². The van der Waals surface area contributed by atoms with Crippen molar-refractivity contribution in [3.63, 3.8) is 0 Å². The lowest BCUT2D eigenvalue weighted by atomic mass is 10.3. The van der Waals surface area contributed by atoms with Crippen LogP contribution < -0.4 is 19.9 Å². The number of nitrogens with one attached hydrogen (secondary N) is 1. The van der Waals surface area contributed by atoms with E-state index < -0.39 is 15.9 Å². The Balaban J connectivity index is 2.00. The van der Waals surface area contributed by atoms with Crippen LogP contribution in [0.4, 0.5) is 5.69 Å². The summed E-state index contributed by atoms with van der Waals surface area (Å²) >= 11 is 0. The van der Waals surface area contributed by atoms with Crippen LogP contribution in [-0.4, -0.2) is 41.3 Å². The number of methoxy groups -OCH3 is 1. The molecule has 0 unspecified atom stereocenters. The molecule has 0 heterocycles. The highest BCUT2D eigenvalue weighted by molar-refractivity contribution is 7.92. The first kappa shape index (κ1) is 19.5. The van der Waals surface area contributed by atoms with Crippen LogP contribution >= 0.6 is 0 Å². The van der Waals surface area contributed by atoms with Crippen molar-refractivity contribution in [2.24, 2.45) is 5.73 Å². The number of hydrogen-bond donors (Lipinski definition) is 2. The molecule has 0 fully saturated rings. The van der Waals surface area contributed by atoms with E-state index in [9.17, 15) is 13.2 Å². The van der Waals surface area contributed by atoms with Gasteiger partial charge in [-0.3, -0.25) is 9.52 Å². The van der Waals surface area contributed by atoms with E-state index in [4.69, 9.17) is 19.9 Å². The molecule has 2 aromatic rings. The number of hydrogen-bond acceptors (Lipinski definition) is 6. The van der Waals surface area contributed by atoms with Crippen molar-refractivity contribution in [1.82, 2.24) is 0 Å². The molecule has 0 spiro atoms. The monoisotopic (exact) mass is 380 g/mol. The molecule has 8 nitrogen and oxygen atoms in total. The number of carbonyl (C=O) groups excluding carboxylic acids is 1. The lowest BCUT2D eigenvalue weighted by Gasteiger charge is -2.10. The molecule has 0 saturated carbocycles. The Labute approximate surface area is 151 Å². The molecule has 9 heteroatoms. The molecular weight excluding hydrogens is 360 g/mol. The van der Waals surface area contributed by atoms with E-state index in [0.29, 0.717) is 30.4 Å². The molecule has 0 bridgehead atoms. The average molecular weight is 380 g/mol. The van der Waals surface area contributed by atoms with Crippen molar-refractivity contribution in [2.75, 3.05) is 31.7 Å². The number of sulfonamides is 1. The molecule has 2 aromatic carbocycles. The summed E-state index contributed by atoms with van der Waals surface area (Å²) in [6, 6.07) is 12.2. The fraction of sp³-hybridized carbons (Fsp3) is 0.235. The van der Waals surface area contributed by atoms with Gasteiger partial charge in [0.1, 0.15) is 18.1 Å². The molecule has 26 heavy (non-hydrogen) atoms. The molecule has 0 aliphatic rings. The SMILES string of the molecule is COCCOc1ccc(S(=O)(=O)Nc2ccc(OCC(N)=O)cc2)cc1. The molecule has 0 radical (unpaired) electrons. The van der Waals surface area contributed by atoms with Gasteiger partial charge < -0.3 is 19.9 Å². The predicted octanol–water partition coefficient (Wildman–Crippen LogP) is 1.38. The molecule has 0 aromatic heterocycles. The van der Waals surface area contributed by atoms with E-state index in [-0.39, 0.29) is 11.5 Å². The summed E-state index contributed by atoms with van der Waals surface area (Å²) in [5.41, 5.74) is 5.35. The first-order valence-corrected chi connectivity index (χ1v) is 9.15.